The molecule has 2 amide bonds. The minimum atomic E-state index is -0.976. The van der Waals surface area contributed by atoms with Gasteiger partial charge < -0.3 is 19.6 Å². The molecule has 0 bridgehead atoms. The second kappa shape index (κ2) is 11.5. The molecular formula is C33H45N3O4. The maximum atomic E-state index is 13.4. The van der Waals surface area contributed by atoms with Gasteiger partial charge in [-0.05, 0) is 82.7 Å². The van der Waals surface area contributed by atoms with Gasteiger partial charge in [0.1, 0.15) is 5.60 Å². The fraction of sp³-hybridized carbons (Fsp3) is 0.576. The molecule has 0 radical (unpaired) electrons. The average molecular weight is 548 g/mol. The fourth-order valence-electron chi connectivity index (χ4n) is 6.98. The first-order valence-corrected chi connectivity index (χ1v) is 14.9. The fourth-order valence-corrected chi connectivity index (χ4v) is 6.98. The third-order valence-corrected chi connectivity index (χ3v) is 9.26. The Bertz CT molecular complexity index is 1170. The largest absolute Gasteiger partial charge is 0.438 e. The SMILES string of the molecule is C[C@@H](c1ccc(C2CCN(C(=O)[C@@H]3CCCN3C)CC2)cc1)N1CC[C@](CC(C)(C)O)(c2ccccc2)OC1=O. The van der Waals surface area contributed by atoms with Crippen molar-refractivity contribution in [3.63, 3.8) is 0 Å². The van der Waals surface area contributed by atoms with E-state index in [0.717, 1.165) is 56.4 Å². The number of aliphatic hydroxyl groups is 1. The third kappa shape index (κ3) is 6.06. The molecule has 216 valence electrons. The zero-order valence-electron chi connectivity index (χ0n) is 24.5. The predicted octanol–water partition coefficient (Wildman–Crippen LogP) is 5.45. The highest BCUT2D eigenvalue weighted by Gasteiger charge is 2.46. The van der Waals surface area contributed by atoms with E-state index >= 15 is 0 Å². The normalized spacial score (nSPS) is 25.6. The van der Waals surface area contributed by atoms with Crippen LogP contribution in [0.25, 0.3) is 0 Å². The summed E-state index contributed by atoms with van der Waals surface area (Å²) in [5.74, 6) is 0.748. The van der Waals surface area contributed by atoms with Crippen LogP contribution in [-0.2, 0) is 15.1 Å². The molecule has 3 atom stereocenters. The molecule has 0 unspecified atom stereocenters. The Balaban J connectivity index is 1.20. The summed E-state index contributed by atoms with van der Waals surface area (Å²) in [4.78, 5) is 32.4. The zero-order valence-corrected chi connectivity index (χ0v) is 24.5. The van der Waals surface area contributed by atoms with Crippen molar-refractivity contribution >= 4 is 12.0 Å². The molecule has 3 aliphatic rings. The van der Waals surface area contributed by atoms with E-state index in [1.165, 1.54) is 5.56 Å². The van der Waals surface area contributed by atoms with E-state index in [4.69, 9.17) is 4.74 Å². The average Bonchev–Trinajstić information content (AvgIpc) is 3.38. The molecule has 3 aliphatic heterocycles. The molecule has 7 nitrogen and oxygen atoms in total. The van der Waals surface area contributed by atoms with Crippen molar-refractivity contribution in [3.05, 3.63) is 71.3 Å². The predicted molar refractivity (Wildman–Crippen MR) is 156 cm³/mol. The molecule has 7 heteroatoms. The molecule has 0 saturated carbocycles. The van der Waals surface area contributed by atoms with Gasteiger partial charge in [0.25, 0.3) is 0 Å². The van der Waals surface area contributed by atoms with Gasteiger partial charge in [-0.1, -0.05) is 54.6 Å². The molecule has 3 fully saturated rings. The van der Waals surface area contributed by atoms with Gasteiger partial charge in [-0.3, -0.25) is 9.69 Å². The van der Waals surface area contributed by atoms with Crippen LogP contribution in [0, 0.1) is 0 Å². The summed E-state index contributed by atoms with van der Waals surface area (Å²) in [6.07, 6.45) is 4.67. The van der Waals surface area contributed by atoms with Gasteiger partial charge >= 0.3 is 6.09 Å². The Morgan fingerprint density at radius 1 is 1.02 bits per heavy atom. The molecule has 2 aromatic carbocycles. The number of carbonyl (C=O) groups excluding carboxylic acids is 2. The maximum absolute atomic E-state index is 13.4. The van der Waals surface area contributed by atoms with Gasteiger partial charge in [0.15, 0.2) is 0 Å². The molecule has 0 aromatic heterocycles. The van der Waals surface area contributed by atoms with Crippen LogP contribution in [0.5, 0.6) is 0 Å². The molecule has 2 aromatic rings. The van der Waals surface area contributed by atoms with Crippen molar-refractivity contribution in [2.45, 2.75) is 88.5 Å². The van der Waals surface area contributed by atoms with Crippen LogP contribution in [-0.4, -0.2) is 76.7 Å². The first-order valence-electron chi connectivity index (χ1n) is 14.9. The minimum Gasteiger partial charge on any atom is -0.438 e. The van der Waals surface area contributed by atoms with Crippen molar-refractivity contribution < 1.29 is 19.4 Å². The van der Waals surface area contributed by atoms with Crippen molar-refractivity contribution in [3.8, 4) is 0 Å². The lowest BCUT2D eigenvalue weighted by Crippen LogP contribution is -2.51. The molecule has 5 rings (SSSR count). The van der Waals surface area contributed by atoms with E-state index in [1.54, 1.807) is 18.7 Å². The number of benzene rings is 2. The topological polar surface area (TPSA) is 73.3 Å². The second-order valence-electron chi connectivity index (χ2n) is 12.7. The molecular weight excluding hydrogens is 502 g/mol. The Labute approximate surface area is 239 Å². The summed E-state index contributed by atoms with van der Waals surface area (Å²) in [7, 11) is 2.06. The van der Waals surface area contributed by atoms with E-state index in [2.05, 4.69) is 41.1 Å². The second-order valence-corrected chi connectivity index (χ2v) is 12.7. The lowest BCUT2D eigenvalue weighted by molar-refractivity contribution is -0.136. The summed E-state index contributed by atoms with van der Waals surface area (Å²) in [6.45, 7) is 8.78. The van der Waals surface area contributed by atoms with Gasteiger partial charge in [0, 0.05) is 32.5 Å². The highest BCUT2D eigenvalue weighted by atomic mass is 16.6. The molecule has 3 saturated heterocycles. The van der Waals surface area contributed by atoms with E-state index in [-0.39, 0.29) is 18.2 Å². The van der Waals surface area contributed by atoms with Crippen LogP contribution < -0.4 is 0 Å². The number of amides is 2. The van der Waals surface area contributed by atoms with E-state index in [0.29, 0.717) is 31.2 Å². The highest BCUT2D eigenvalue weighted by Crippen LogP contribution is 2.42. The third-order valence-electron chi connectivity index (χ3n) is 9.26. The Hall–Kier alpha value is -2.90. The maximum Gasteiger partial charge on any atom is 0.411 e. The van der Waals surface area contributed by atoms with Gasteiger partial charge in [-0.2, -0.15) is 0 Å². The summed E-state index contributed by atoms with van der Waals surface area (Å²) >= 11 is 0. The lowest BCUT2D eigenvalue weighted by Gasteiger charge is -2.45. The van der Waals surface area contributed by atoms with E-state index in [1.807, 2.05) is 37.3 Å². The smallest absolute Gasteiger partial charge is 0.411 e. The van der Waals surface area contributed by atoms with Crippen molar-refractivity contribution in [2.24, 2.45) is 0 Å². The van der Waals surface area contributed by atoms with Crippen LogP contribution in [0.3, 0.4) is 0 Å². The van der Waals surface area contributed by atoms with Gasteiger partial charge in [0.05, 0.1) is 17.7 Å². The monoisotopic (exact) mass is 547 g/mol. The Kier molecular flexibility index (Phi) is 8.25. The zero-order chi connectivity index (χ0) is 28.5. The van der Waals surface area contributed by atoms with Gasteiger partial charge in [-0.25, -0.2) is 4.79 Å². The first-order chi connectivity index (χ1) is 19.1. The molecule has 40 heavy (non-hydrogen) atoms. The number of rotatable bonds is 7. The van der Waals surface area contributed by atoms with Crippen LogP contribution in [0.2, 0.25) is 0 Å². The summed E-state index contributed by atoms with van der Waals surface area (Å²) in [5, 5.41) is 10.6. The van der Waals surface area contributed by atoms with Crippen molar-refractivity contribution in [2.75, 3.05) is 33.2 Å². The number of carbonyl (C=O) groups is 2. The van der Waals surface area contributed by atoms with Crippen molar-refractivity contribution in [1.82, 2.24) is 14.7 Å². The van der Waals surface area contributed by atoms with Gasteiger partial charge in [0.2, 0.25) is 5.91 Å². The molecule has 0 aliphatic carbocycles. The minimum absolute atomic E-state index is 0.0618. The Morgan fingerprint density at radius 2 is 1.70 bits per heavy atom. The molecule has 1 N–H and O–H groups in total. The molecule has 0 spiro atoms. The number of likely N-dealkylation sites (N-methyl/N-ethyl adjacent to an activating group) is 1. The summed E-state index contributed by atoms with van der Waals surface area (Å²) in [6, 6.07) is 18.4. The number of cyclic esters (lactones) is 1. The lowest BCUT2D eigenvalue weighted by atomic mass is 9.80. The van der Waals surface area contributed by atoms with Crippen LogP contribution in [0.15, 0.2) is 54.6 Å². The van der Waals surface area contributed by atoms with Crippen molar-refractivity contribution in [1.29, 1.82) is 0 Å². The number of hydrogen-bond donors (Lipinski definition) is 1. The summed E-state index contributed by atoms with van der Waals surface area (Å²) in [5.41, 5.74) is 1.48. The number of hydrogen-bond acceptors (Lipinski definition) is 5. The number of ether oxygens (including phenoxy) is 1. The van der Waals surface area contributed by atoms with Crippen LogP contribution >= 0.6 is 0 Å². The Morgan fingerprint density at radius 3 is 2.27 bits per heavy atom. The number of piperidine rings is 1. The summed E-state index contributed by atoms with van der Waals surface area (Å²) < 4.78 is 6.17. The van der Waals surface area contributed by atoms with E-state index < -0.39 is 11.2 Å². The first kappa shape index (κ1) is 28.6. The number of likely N-dealkylation sites (tertiary alicyclic amines) is 2. The van der Waals surface area contributed by atoms with Crippen LogP contribution in [0.4, 0.5) is 4.79 Å². The molecule has 3 heterocycles. The number of nitrogens with zero attached hydrogens (tertiary/aromatic N) is 3. The quantitative estimate of drug-likeness (QED) is 0.499. The van der Waals surface area contributed by atoms with Crippen LogP contribution in [0.1, 0.15) is 87.9 Å². The van der Waals surface area contributed by atoms with E-state index in [9.17, 15) is 14.7 Å². The van der Waals surface area contributed by atoms with Gasteiger partial charge in [-0.15, -0.1) is 0 Å². The standard InChI is InChI=1S/C33H45N3O4/c1-24(36-22-18-33(40-31(36)38,23-32(2,3)39)28-9-6-5-7-10-28)25-12-14-26(15-13-25)27-16-20-35(21-17-27)30(37)29-11-8-19-34(29)4/h5-7,9-10,12-15,24,27,29,39H,8,11,16-23H2,1-4H3/t24-,29-,33-/m0/s1. The highest BCUT2D eigenvalue weighted by molar-refractivity contribution is 5.82.